The van der Waals surface area contributed by atoms with E-state index in [1.165, 1.54) is 0 Å². The number of ether oxygens (including phenoxy) is 4. The molecular weight excluding hydrogens is 896 g/mol. The Morgan fingerprint density at radius 3 is 1.99 bits per heavy atom. The molecule has 18 nitrogen and oxygen atoms in total. The van der Waals surface area contributed by atoms with Crippen LogP contribution in [0.3, 0.4) is 0 Å². The van der Waals surface area contributed by atoms with E-state index in [1.54, 1.807) is 61.6 Å². The average molecular weight is 972 g/mol. The van der Waals surface area contributed by atoms with Gasteiger partial charge in [-0.15, -0.1) is 11.6 Å². The number of fused-ring (bicyclic) bond motifs is 2. The topological polar surface area (TPSA) is 311 Å². The lowest BCUT2D eigenvalue weighted by Crippen LogP contribution is -2.59. The van der Waals surface area contributed by atoms with Crippen molar-refractivity contribution in [2.45, 2.75) is 169 Å². The van der Waals surface area contributed by atoms with Gasteiger partial charge in [-0.05, 0) is 32.6 Å². The standard InChI is InChI=1S/C48H75ClN2O16/c1-30-16-13-11-9-7-5-3-4-6-8-10-12-14-17-35(66-47-45(61)44(50)40(59)29-64-47)26-41-43(46(62)51-21-15-20-49)39(58)28-48(63,67-41)27-34(54)24-38(57)36(55)19-18-32(52)23-33(53)25-42(60)65-31(2)22-37(30)56/h3-14,16-17,30-41,43-45,47,52-59,61,63H,15,18-29,50H2,1-2H3,(H,51,62)/b4-3+,7-5+,8-6+,11-9+,12-10+,16-13+,17-14+/t30-,31-,32?,33?,34?,35?,36?,37-,38?,39-,40+,41-,43?,44-,45-,47-,48?/m0/s1. The molecule has 8 unspecified atom stereocenters. The van der Waals surface area contributed by atoms with Gasteiger partial charge < -0.3 is 81.1 Å². The molecule has 3 heterocycles. The molecule has 0 aromatic rings. The quantitative estimate of drug-likeness (QED) is 0.0993. The molecule has 3 rings (SSSR count). The fourth-order valence-electron chi connectivity index (χ4n) is 7.91. The van der Waals surface area contributed by atoms with Crippen molar-refractivity contribution < 1.29 is 79.6 Å². The zero-order valence-electron chi connectivity index (χ0n) is 38.4. The third-order valence-electron chi connectivity index (χ3n) is 11.7. The lowest BCUT2D eigenvalue weighted by Gasteiger charge is -2.45. The normalized spacial score (nSPS) is 42.2. The van der Waals surface area contributed by atoms with Crippen LogP contribution in [0.25, 0.3) is 0 Å². The molecule has 67 heavy (non-hydrogen) atoms. The highest BCUT2D eigenvalue weighted by Gasteiger charge is 2.50. The molecule has 2 bridgehead atoms. The molecule has 1 amide bonds. The van der Waals surface area contributed by atoms with Gasteiger partial charge in [0.05, 0.1) is 86.0 Å². The number of halogens is 1. The van der Waals surface area contributed by atoms with Gasteiger partial charge in [-0.2, -0.15) is 0 Å². The molecule has 0 radical (unpaired) electrons. The highest BCUT2D eigenvalue weighted by molar-refractivity contribution is 6.17. The molecule has 0 aromatic carbocycles. The zero-order chi connectivity index (χ0) is 49.5. The number of rotatable bonds is 6. The Balaban J connectivity index is 1.89. The summed E-state index contributed by atoms with van der Waals surface area (Å²) in [6.45, 7) is 3.39. The van der Waals surface area contributed by atoms with Crippen LogP contribution in [0.4, 0.5) is 0 Å². The van der Waals surface area contributed by atoms with Crippen molar-refractivity contribution in [3.63, 3.8) is 0 Å². The number of esters is 1. The number of allylic oxidation sites excluding steroid dienone is 12. The van der Waals surface area contributed by atoms with Crippen molar-refractivity contribution in [3.8, 4) is 0 Å². The number of cyclic esters (lactones) is 1. The van der Waals surface area contributed by atoms with E-state index in [9.17, 15) is 60.7 Å². The summed E-state index contributed by atoms with van der Waals surface area (Å²) in [6.07, 6.45) is 6.29. The highest BCUT2D eigenvalue weighted by Crippen LogP contribution is 2.38. The van der Waals surface area contributed by atoms with Gasteiger partial charge in [-0.1, -0.05) is 92.0 Å². The van der Waals surface area contributed by atoms with Crippen molar-refractivity contribution in [2.75, 3.05) is 19.0 Å². The minimum absolute atomic E-state index is 0.0914. The summed E-state index contributed by atoms with van der Waals surface area (Å²) in [4.78, 5) is 26.1. The predicted octanol–water partition coefficient (Wildman–Crippen LogP) is 0.738. The number of hydrogen-bond donors (Lipinski definition) is 12. The summed E-state index contributed by atoms with van der Waals surface area (Å²) in [5.41, 5.74) is 6.00. The van der Waals surface area contributed by atoms with Gasteiger partial charge in [-0.3, -0.25) is 9.59 Å². The molecule has 380 valence electrons. The van der Waals surface area contributed by atoms with Crippen molar-refractivity contribution in [2.24, 2.45) is 17.6 Å². The summed E-state index contributed by atoms with van der Waals surface area (Å²) in [5.74, 6) is -4.86. The summed E-state index contributed by atoms with van der Waals surface area (Å²) in [5, 5.41) is 111. The third kappa shape index (κ3) is 21.6. The molecule has 13 N–H and O–H groups in total. The van der Waals surface area contributed by atoms with E-state index in [2.05, 4.69) is 5.32 Å². The maximum absolute atomic E-state index is 13.6. The van der Waals surface area contributed by atoms with Crippen LogP contribution in [0, 0.1) is 11.8 Å². The first-order chi connectivity index (χ1) is 31.8. The van der Waals surface area contributed by atoms with Gasteiger partial charge in [0.25, 0.3) is 0 Å². The molecule has 3 aliphatic heterocycles. The van der Waals surface area contributed by atoms with Gasteiger partial charge in [-0.25, -0.2) is 0 Å². The maximum Gasteiger partial charge on any atom is 0.308 e. The lowest BCUT2D eigenvalue weighted by atomic mass is 9.82. The molecule has 2 fully saturated rings. The van der Waals surface area contributed by atoms with E-state index < -0.39 is 135 Å². The number of nitrogens with two attached hydrogens (primary N) is 1. The van der Waals surface area contributed by atoms with Crippen molar-refractivity contribution in [1.29, 1.82) is 0 Å². The molecular formula is C48H75ClN2O16. The van der Waals surface area contributed by atoms with E-state index in [0.29, 0.717) is 6.42 Å². The van der Waals surface area contributed by atoms with Crippen molar-refractivity contribution in [1.82, 2.24) is 5.32 Å². The Hall–Kier alpha value is -3.15. The Labute approximate surface area is 398 Å². The maximum atomic E-state index is 13.6. The summed E-state index contributed by atoms with van der Waals surface area (Å²) < 4.78 is 23.2. The van der Waals surface area contributed by atoms with Crippen LogP contribution in [0.1, 0.15) is 78.1 Å². The first-order valence-corrected chi connectivity index (χ1v) is 23.6. The minimum atomic E-state index is -2.26. The SMILES string of the molecule is C[C@H]1C[C@H](O)[C@@H](C)/C=C/C=C/C=C/C=C/C=C/C=C/C=C/C(O[C@@H]2OC[C@@H](O)[C@H](N)[C@@H]2O)C[C@@H]2OC(O)(CC(O)CC(O)C(O)CCC(O)CC(O)CC(=O)O1)C[C@H](O)C2C(=O)NCCCCl. The fraction of sp³-hybridized carbons (Fsp3) is 0.667. The van der Waals surface area contributed by atoms with Crippen LogP contribution in [0.2, 0.25) is 0 Å². The van der Waals surface area contributed by atoms with Crippen LogP contribution in [-0.4, -0.2) is 173 Å². The van der Waals surface area contributed by atoms with Crippen LogP contribution >= 0.6 is 11.6 Å². The minimum Gasteiger partial charge on any atom is -0.462 e. The van der Waals surface area contributed by atoms with Crippen LogP contribution < -0.4 is 11.1 Å². The molecule has 0 aromatic heterocycles. The monoisotopic (exact) mass is 970 g/mol. The Morgan fingerprint density at radius 2 is 1.36 bits per heavy atom. The predicted molar refractivity (Wildman–Crippen MR) is 249 cm³/mol. The number of alkyl halides is 1. The highest BCUT2D eigenvalue weighted by atomic mass is 35.5. The zero-order valence-corrected chi connectivity index (χ0v) is 39.1. The van der Waals surface area contributed by atoms with Crippen molar-refractivity contribution >= 4 is 23.5 Å². The molecule has 19 heteroatoms. The number of hydrogen-bond acceptors (Lipinski definition) is 17. The van der Waals surface area contributed by atoms with Crippen LogP contribution in [0.15, 0.2) is 85.1 Å². The van der Waals surface area contributed by atoms with Crippen LogP contribution in [-0.2, 0) is 28.5 Å². The van der Waals surface area contributed by atoms with Gasteiger partial charge in [0.1, 0.15) is 12.2 Å². The van der Waals surface area contributed by atoms with Crippen LogP contribution in [0.5, 0.6) is 0 Å². The Morgan fingerprint density at radius 1 is 0.746 bits per heavy atom. The number of amides is 1. The van der Waals surface area contributed by atoms with Crippen molar-refractivity contribution in [3.05, 3.63) is 85.1 Å². The summed E-state index contributed by atoms with van der Waals surface area (Å²) in [7, 11) is 0. The van der Waals surface area contributed by atoms with Gasteiger partial charge in [0, 0.05) is 50.4 Å². The Bertz CT molecular complexity index is 1680. The largest absolute Gasteiger partial charge is 0.462 e. The van der Waals surface area contributed by atoms with E-state index in [1.807, 2.05) is 37.3 Å². The Kier molecular flexibility index (Phi) is 26.4. The van der Waals surface area contributed by atoms with E-state index in [4.69, 9.17) is 36.3 Å². The number of aliphatic hydroxyl groups is 10. The summed E-state index contributed by atoms with van der Waals surface area (Å²) >= 11 is 5.82. The number of carbonyl (C=O) groups excluding carboxylic acids is 2. The first kappa shape index (κ1) is 58.2. The lowest BCUT2D eigenvalue weighted by molar-refractivity contribution is -0.304. The number of aliphatic hydroxyl groups excluding tert-OH is 9. The first-order valence-electron chi connectivity index (χ1n) is 23.1. The fourth-order valence-corrected chi connectivity index (χ4v) is 8.04. The molecule has 0 spiro atoms. The molecule has 0 aliphatic carbocycles. The third-order valence-corrected chi connectivity index (χ3v) is 11.9. The second kappa shape index (κ2) is 30.5. The molecule has 0 saturated carbocycles. The van der Waals surface area contributed by atoms with E-state index in [-0.39, 0.29) is 57.1 Å². The molecule has 2 saturated heterocycles. The molecule has 17 atom stereocenters. The average Bonchev–Trinajstić information content (AvgIpc) is 3.24. The van der Waals surface area contributed by atoms with Gasteiger partial charge in [0.15, 0.2) is 12.1 Å². The second-order valence-corrected chi connectivity index (χ2v) is 18.1. The molecule has 3 aliphatic rings. The smallest absolute Gasteiger partial charge is 0.308 e. The van der Waals surface area contributed by atoms with E-state index >= 15 is 0 Å². The number of nitrogens with one attached hydrogen (secondary N) is 1. The summed E-state index contributed by atoms with van der Waals surface area (Å²) in [6, 6.07) is -1.11. The van der Waals surface area contributed by atoms with Gasteiger partial charge >= 0.3 is 5.97 Å². The second-order valence-electron chi connectivity index (χ2n) is 17.7. The van der Waals surface area contributed by atoms with E-state index in [0.717, 1.165) is 0 Å². The van der Waals surface area contributed by atoms with Gasteiger partial charge in [0.2, 0.25) is 5.91 Å². The number of carbonyl (C=O) groups is 2.